The van der Waals surface area contributed by atoms with Crippen molar-refractivity contribution in [2.45, 2.75) is 26.2 Å². The average Bonchev–Trinajstić information content (AvgIpc) is 2.48. The summed E-state index contributed by atoms with van der Waals surface area (Å²) in [4.78, 5) is 12.0. The van der Waals surface area contributed by atoms with Gasteiger partial charge in [0.1, 0.15) is 0 Å². The zero-order chi connectivity index (χ0) is 15.5. The van der Waals surface area contributed by atoms with Gasteiger partial charge in [0, 0.05) is 24.1 Å². The van der Waals surface area contributed by atoms with E-state index in [9.17, 15) is 4.79 Å². The minimum Gasteiger partial charge on any atom is -0.395 e. The third kappa shape index (κ3) is 6.70. The molecule has 2 N–H and O–H groups in total. The number of unbranched alkanes of at least 4 members (excludes halogenated alkanes) is 1. The SMILES string of the molecule is CSCCCCNC(=O)c1ccc(C#CCCO)c(C)c1. The molecule has 0 aliphatic carbocycles. The maximum Gasteiger partial charge on any atom is 0.251 e. The first-order chi connectivity index (χ1) is 10.2. The quantitative estimate of drug-likeness (QED) is 0.601. The standard InChI is InChI=1S/C17H23NO2S/c1-14-13-16(9-8-15(14)7-3-5-11-19)17(20)18-10-4-6-12-21-2/h8-9,13,19H,4-6,10-12H2,1-2H3,(H,18,20). The first-order valence-electron chi connectivity index (χ1n) is 7.16. The average molecular weight is 305 g/mol. The number of hydrogen-bond donors (Lipinski definition) is 2. The predicted molar refractivity (Wildman–Crippen MR) is 89.7 cm³/mol. The van der Waals surface area contributed by atoms with Gasteiger partial charge in [0.15, 0.2) is 0 Å². The molecule has 1 aromatic rings. The normalized spacial score (nSPS) is 9.86. The molecule has 0 fully saturated rings. The van der Waals surface area contributed by atoms with Crippen LogP contribution in [0.15, 0.2) is 18.2 Å². The van der Waals surface area contributed by atoms with Gasteiger partial charge >= 0.3 is 0 Å². The predicted octanol–water partition coefficient (Wildman–Crippen LogP) is 2.60. The van der Waals surface area contributed by atoms with Crippen LogP contribution in [0.5, 0.6) is 0 Å². The smallest absolute Gasteiger partial charge is 0.251 e. The Hall–Kier alpha value is -1.44. The van der Waals surface area contributed by atoms with Crippen molar-refractivity contribution in [1.82, 2.24) is 5.32 Å². The van der Waals surface area contributed by atoms with E-state index in [1.54, 1.807) is 6.07 Å². The van der Waals surface area contributed by atoms with Gasteiger partial charge in [-0.2, -0.15) is 11.8 Å². The molecule has 1 rings (SSSR count). The Balaban J connectivity index is 2.54. The van der Waals surface area contributed by atoms with Gasteiger partial charge in [0.05, 0.1) is 6.61 Å². The number of carbonyl (C=O) groups is 1. The molecule has 1 aromatic carbocycles. The third-order valence-corrected chi connectivity index (χ3v) is 3.71. The van der Waals surface area contributed by atoms with Crippen molar-refractivity contribution in [3.63, 3.8) is 0 Å². The Kier molecular flexibility index (Phi) is 8.65. The molecule has 4 heteroatoms. The summed E-state index contributed by atoms with van der Waals surface area (Å²) < 4.78 is 0. The fourth-order valence-corrected chi connectivity index (χ4v) is 2.33. The summed E-state index contributed by atoms with van der Waals surface area (Å²) in [5.41, 5.74) is 2.56. The van der Waals surface area contributed by atoms with E-state index in [0.29, 0.717) is 12.0 Å². The maximum atomic E-state index is 12.0. The number of aliphatic hydroxyl groups is 1. The molecule has 21 heavy (non-hydrogen) atoms. The molecule has 0 aliphatic rings. The van der Waals surface area contributed by atoms with Gasteiger partial charge in [-0.15, -0.1) is 0 Å². The molecule has 0 saturated heterocycles. The lowest BCUT2D eigenvalue weighted by Gasteiger charge is -2.06. The van der Waals surface area contributed by atoms with E-state index in [2.05, 4.69) is 23.4 Å². The van der Waals surface area contributed by atoms with E-state index < -0.39 is 0 Å². The largest absolute Gasteiger partial charge is 0.395 e. The van der Waals surface area contributed by atoms with Gasteiger partial charge in [-0.1, -0.05) is 11.8 Å². The molecule has 0 atom stereocenters. The Labute approximate surface area is 131 Å². The molecule has 0 unspecified atom stereocenters. The highest BCUT2D eigenvalue weighted by molar-refractivity contribution is 7.98. The zero-order valence-corrected chi connectivity index (χ0v) is 13.6. The molecule has 114 valence electrons. The first kappa shape index (κ1) is 17.6. The number of aryl methyl sites for hydroxylation is 1. The second-order valence-corrected chi connectivity index (χ2v) is 5.75. The molecule has 0 spiro atoms. The lowest BCUT2D eigenvalue weighted by atomic mass is 10.0. The minimum absolute atomic E-state index is 0.0304. The summed E-state index contributed by atoms with van der Waals surface area (Å²) in [6.45, 7) is 2.73. The summed E-state index contributed by atoms with van der Waals surface area (Å²) >= 11 is 1.83. The van der Waals surface area contributed by atoms with Crippen LogP contribution in [0, 0.1) is 18.8 Å². The molecule has 1 amide bonds. The van der Waals surface area contributed by atoms with Crippen molar-refractivity contribution in [3.8, 4) is 11.8 Å². The number of benzene rings is 1. The molecule has 0 bridgehead atoms. The van der Waals surface area contributed by atoms with Crippen LogP contribution < -0.4 is 5.32 Å². The van der Waals surface area contributed by atoms with Crippen LogP contribution in [-0.2, 0) is 0 Å². The van der Waals surface area contributed by atoms with Crippen molar-refractivity contribution < 1.29 is 9.90 Å². The second-order valence-electron chi connectivity index (χ2n) is 4.76. The van der Waals surface area contributed by atoms with E-state index >= 15 is 0 Å². The highest BCUT2D eigenvalue weighted by atomic mass is 32.2. The zero-order valence-electron chi connectivity index (χ0n) is 12.7. The van der Waals surface area contributed by atoms with Crippen LogP contribution in [0.25, 0.3) is 0 Å². The molecule has 0 heterocycles. The van der Waals surface area contributed by atoms with Crippen LogP contribution in [0.3, 0.4) is 0 Å². The fourth-order valence-electron chi connectivity index (χ4n) is 1.83. The minimum atomic E-state index is -0.0304. The van der Waals surface area contributed by atoms with E-state index in [1.807, 2.05) is 30.8 Å². The number of amides is 1. The summed E-state index contributed by atoms with van der Waals surface area (Å²) in [5, 5.41) is 11.6. The van der Waals surface area contributed by atoms with Crippen LogP contribution in [0.4, 0.5) is 0 Å². The second kappa shape index (κ2) is 10.3. The fraction of sp³-hybridized carbons (Fsp3) is 0.471. The van der Waals surface area contributed by atoms with Crippen LogP contribution in [0.1, 0.15) is 40.7 Å². The number of thioether (sulfide) groups is 1. The molecule has 3 nitrogen and oxygen atoms in total. The van der Waals surface area contributed by atoms with Gasteiger partial charge in [0.2, 0.25) is 0 Å². The van der Waals surface area contributed by atoms with Crippen LogP contribution in [-0.4, -0.2) is 36.2 Å². The van der Waals surface area contributed by atoms with Crippen molar-refractivity contribution >= 4 is 17.7 Å². The van der Waals surface area contributed by atoms with E-state index in [0.717, 1.165) is 36.3 Å². The van der Waals surface area contributed by atoms with Crippen molar-refractivity contribution in [3.05, 3.63) is 34.9 Å². The van der Waals surface area contributed by atoms with E-state index in [-0.39, 0.29) is 12.5 Å². The Morgan fingerprint density at radius 1 is 1.38 bits per heavy atom. The number of hydrogen-bond acceptors (Lipinski definition) is 3. The van der Waals surface area contributed by atoms with E-state index in [4.69, 9.17) is 5.11 Å². The molecular formula is C17H23NO2S. The Morgan fingerprint density at radius 2 is 2.19 bits per heavy atom. The van der Waals surface area contributed by atoms with Gasteiger partial charge < -0.3 is 10.4 Å². The van der Waals surface area contributed by atoms with Gasteiger partial charge in [-0.3, -0.25) is 4.79 Å². The number of carbonyl (C=O) groups excluding carboxylic acids is 1. The van der Waals surface area contributed by atoms with Gasteiger partial charge in [-0.05, 0) is 55.5 Å². The van der Waals surface area contributed by atoms with Crippen molar-refractivity contribution in [2.24, 2.45) is 0 Å². The van der Waals surface area contributed by atoms with Crippen LogP contribution in [0.2, 0.25) is 0 Å². The summed E-state index contributed by atoms with van der Waals surface area (Å²) in [6.07, 6.45) is 4.69. The van der Waals surface area contributed by atoms with Crippen LogP contribution >= 0.6 is 11.8 Å². The molecular weight excluding hydrogens is 282 g/mol. The number of rotatable bonds is 7. The molecule has 0 aliphatic heterocycles. The lowest BCUT2D eigenvalue weighted by Crippen LogP contribution is -2.24. The highest BCUT2D eigenvalue weighted by Crippen LogP contribution is 2.10. The summed E-state index contributed by atoms with van der Waals surface area (Å²) in [6, 6.07) is 5.52. The van der Waals surface area contributed by atoms with Gasteiger partial charge in [-0.25, -0.2) is 0 Å². The maximum absolute atomic E-state index is 12.0. The number of aliphatic hydroxyl groups excluding tert-OH is 1. The van der Waals surface area contributed by atoms with Gasteiger partial charge in [0.25, 0.3) is 5.91 Å². The van der Waals surface area contributed by atoms with E-state index in [1.165, 1.54) is 0 Å². The highest BCUT2D eigenvalue weighted by Gasteiger charge is 2.06. The van der Waals surface area contributed by atoms with Crippen molar-refractivity contribution in [1.29, 1.82) is 0 Å². The number of nitrogens with one attached hydrogen (secondary N) is 1. The summed E-state index contributed by atoms with van der Waals surface area (Å²) in [7, 11) is 0. The summed E-state index contributed by atoms with van der Waals surface area (Å²) in [5.74, 6) is 7.00. The Bertz CT molecular complexity index is 517. The topological polar surface area (TPSA) is 49.3 Å². The molecule has 0 aromatic heterocycles. The first-order valence-corrected chi connectivity index (χ1v) is 8.56. The monoisotopic (exact) mass is 305 g/mol. The molecule has 0 saturated carbocycles. The third-order valence-electron chi connectivity index (χ3n) is 3.01. The lowest BCUT2D eigenvalue weighted by molar-refractivity contribution is 0.0953. The Morgan fingerprint density at radius 3 is 2.86 bits per heavy atom. The molecule has 0 radical (unpaired) electrons. The van der Waals surface area contributed by atoms with Crippen molar-refractivity contribution in [2.75, 3.05) is 25.2 Å².